The van der Waals surface area contributed by atoms with Crippen LogP contribution in [-0.4, -0.2) is 36.8 Å². The van der Waals surface area contributed by atoms with Gasteiger partial charge in [0.05, 0.1) is 0 Å². The molecule has 3 rings (SSSR count). The molecule has 0 aliphatic heterocycles. The van der Waals surface area contributed by atoms with Gasteiger partial charge in [-0.3, -0.25) is 9.59 Å². The Labute approximate surface area is 177 Å². The van der Waals surface area contributed by atoms with Crippen LogP contribution in [0.3, 0.4) is 0 Å². The van der Waals surface area contributed by atoms with Crippen LogP contribution in [-0.2, 0) is 4.79 Å². The molecule has 1 aromatic heterocycles. The number of ketones is 1. The van der Waals surface area contributed by atoms with Crippen LogP contribution in [0.1, 0.15) is 22.2 Å². The summed E-state index contributed by atoms with van der Waals surface area (Å²) in [4.78, 5) is 32.9. The maximum atomic E-state index is 13.4. The average Bonchev–Trinajstić information content (AvgIpc) is 3.10. The molecule has 0 fully saturated rings. The summed E-state index contributed by atoms with van der Waals surface area (Å²) in [5.41, 5.74) is 13.5. The summed E-state index contributed by atoms with van der Waals surface area (Å²) < 4.78 is 13.4. The molecule has 3 aromatic rings. The number of nitrogens with zero attached hydrogens (tertiary/aromatic N) is 3. The van der Waals surface area contributed by atoms with Crippen molar-refractivity contribution in [1.29, 1.82) is 0 Å². The summed E-state index contributed by atoms with van der Waals surface area (Å²) >= 11 is 1.05. The summed E-state index contributed by atoms with van der Waals surface area (Å²) in [6, 6.07) is 11.9. The second-order valence-corrected chi connectivity index (χ2v) is 7.88. The average molecular weight is 428 g/mol. The molecule has 0 saturated carbocycles. The Balaban J connectivity index is 1.99. The summed E-state index contributed by atoms with van der Waals surface area (Å²) in [6.45, 7) is 1.60. The number of hydrogen-bond donors (Lipinski definition) is 2. The Hall–Kier alpha value is -3.46. The fourth-order valence-electron chi connectivity index (χ4n) is 2.86. The number of thiazole rings is 1. The van der Waals surface area contributed by atoms with Gasteiger partial charge in [-0.05, 0) is 55.5 Å². The fourth-order valence-corrected chi connectivity index (χ4v) is 3.91. The number of benzene rings is 2. The SMILES string of the molecule is C[C@H](C(N)=O)N(c1ccc(F)cc1)c1nc(N)c(C(=O)c2ccc(N(C)C)cc2)s1. The monoisotopic (exact) mass is 427 g/mol. The van der Waals surface area contributed by atoms with Crippen LogP contribution in [0.25, 0.3) is 0 Å². The van der Waals surface area contributed by atoms with E-state index in [1.54, 1.807) is 19.1 Å². The third kappa shape index (κ3) is 4.25. The molecule has 7 nitrogen and oxygen atoms in total. The lowest BCUT2D eigenvalue weighted by atomic mass is 10.1. The minimum atomic E-state index is -0.789. The van der Waals surface area contributed by atoms with E-state index in [9.17, 15) is 14.0 Å². The highest BCUT2D eigenvalue weighted by atomic mass is 32.1. The van der Waals surface area contributed by atoms with Gasteiger partial charge in [0, 0.05) is 31.0 Å². The molecular formula is C21H22FN5O2S. The van der Waals surface area contributed by atoms with Gasteiger partial charge in [-0.15, -0.1) is 0 Å². The van der Waals surface area contributed by atoms with Crippen molar-refractivity contribution in [3.63, 3.8) is 0 Å². The number of hydrogen-bond acceptors (Lipinski definition) is 7. The Morgan fingerprint density at radius 2 is 1.60 bits per heavy atom. The number of anilines is 4. The first-order chi connectivity index (χ1) is 14.2. The van der Waals surface area contributed by atoms with Gasteiger partial charge in [-0.25, -0.2) is 9.37 Å². The van der Waals surface area contributed by atoms with E-state index in [-0.39, 0.29) is 16.5 Å². The van der Waals surface area contributed by atoms with Crippen LogP contribution in [0.2, 0.25) is 0 Å². The number of nitrogen functional groups attached to an aromatic ring is 1. The highest BCUT2D eigenvalue weighted by molar-refractivity contribution is 7.18. The van der Waals surface area contributed by atoms with Crippen molar-refractivity contribution in [1.82, 2.24) is 4.98 Å². The number of primary amides is 1. The van der Waals surface area contributed by atoms with Crippen molar-refractivity contribution in [2.45, 2.75) is 13.0 Å². The quantitative estimate of drug-likeness (QED) is 0.561. The summed E-state index contributed by atoms with van der Waals surface area (Å²) in [6.07, 6.45) is 0. The van der Waals surface area contributed by atoms with E-state index in [2.05, 4.69) is 4.98 Å². The first kappa shape index (κ1) is 21.3. The molecule has 30 heavy (non-hydrogen) atoms. The highest BCUT2D eigenvalue weighted by Crippen LogP contribution is 2.36. The van der Waals surface area contributed by atoms with Gasteiger partial charge in [0.2, 0.25) is 11.7 Å². The maximum absolute atomic E-state index is 13.4. The number of aromatic nitrogens is 1. The third-order valence-electron chi connectivity index (χ3n) is 4.60. The minimum Gasteiger partial charge on any atom is -0.382 e. The number of amides is 1. The first-order valence-electron chi connectivity index (χ1n) is 9.11. The predicted molar refractivity (Wildman–Crippen MR) is 118 cm³/mol. The molecule has 0 bridgehead atoms. The molecule has 0 unspecified atom stereocenters. The molecule has 9 heteroatoms. The lowest BCUT2D eigenvalue weighted by Gasteiger charge is -2.26. The van der Waals surface area contributed by atoms with Gasteiger partial charge in [-0.1, -0.05) is 11.3 Å². The topological polar surface area (TPSA) is 106 Å². The normalized spacial score (nSPS) is 11.7. The first-order valence-corrected chi connectivity index (χ1v) is 9.93. The molecule has 2 aromatic carbocycles. The van der Waals surface area contributed by atoms with Gasteiger partial charge in [0.1, 0.15) is 22.6 Å². The van der Waals surface area contributed by atoms with E-state index in [1.165, 1.54) is 29.2 Å². The van der Waals surface area contributed by atoms with Crippen LogP contribution in [0.15, 0.2) is 48.5 Å². The van der Waals surface area contributed by atoms with Crippen molar-refractivity contribution >= 4 is 45.4 Å². The molecule has 0 saturated heterocycles. The van der Waals surface area contributed by atoms with E-state index in [0.29, 0.717) is 16.4 Å². The van der Waals surface area contributed by atoms with E-state index in [4.69, 9.17) is 11.5 Å². The summed E-state index contributed by atoms with van der Waals surface area (Å²) in [5.74, 6) is -1.23. The minimum absolute atomic E-state index is 0.0560. The van der Waals surface area contributed by atoms with Gasteiger partial charge < -0.3 is 21.3 Å². The Bertz CT molecular complexity index is 1060. The second kappa shape index (κ2) is 8.50. The Morgan fingerprint density at radius 1 is 1.03 bits per heavy atom. The lowest BCUT2D eigenvalue weighted by molar-refractivity contribution is -0.118. The van der Waals surface area contributed by atoms with Crippen LogP contribution in [0.4, 0.5) is 26.7 Å². The number of carbonyl (C=O) groups excluding carboxylic acids is 2. The zero-order valence-electron chi connectivity index (χ0n) is 16.8. The fraction of sp³-hybridized carbons (Fsp3) is 0.190. The van der Waals surface area contributed by atoms with Crippen molar-refractivity contribution < 1.29 is 14.0 Å². The molecule has 0 aliphatic carbocycles. The van der Waals surface area contributed by atoms with Crippen molar-refractivity contribution in [2.75, 3.05) is 29.6 Å². The van der Waals surface area contributed by atoms with E-state index in [0.717, 1.165) is 17.0 Å². The Morgan fingerprint density at radius 3 is 2.13 bits per heavy atom. The molecule has 0 aliphatic rings. The van der Waals surface area contributed by atoms with Crippen LogP contribution in [0.5, 0.6) is 0 Å². The zero-order valence-corrected chi connectivity index (χ0v) is 17.6. The van der Waals surface area contributed by atoms with E-state index < -0.39 is 17.8 Å². The molecule has 4 N–H and O–H groups in total. The van der Waals surface area contributed by atoms with E-state index >= 15 is 0 Å². The summed E-state index contributed by atoms with van der Waals surface area (Å²) in [5, 5.41) is 0.318. The largest absolute Gasteiger partial charge is 0.382 e. The van der Waals surface area contributed by atoms with E-state index in [1.807, 2.05) is 31.1 Å². The lowest BCUT2D eigenvalue weighted by Crippen LogP contribution is -2.39. The number of halogens is 1. The van der Waals surface area contributed by atoms with Crippen molar-refractivity contribution in [3.05, 3.63) is 64.8 Å². The van der Waals surface area contributed by atoms with Crippen molar-refractivity contribution in [2.24, 2.45) is 5.73 Å². The van der Waals surface area contributed by atoms with Gasteiger partial charge >= 0.3 is 0 Å². The molecule has 0 spiro atoms. The third-order valence-corrected chi connectivity index (χ3v) is 5.67. The Kier molecular flexibility index (Phi) is 6.02. The van der Waals surface area contributed by atoms with Gasteiger partial charge in [-0.2, -0.15) is 0 Å². The van der Waals surface area contributed by atoms with Crippen molar-refractivity contribution in [3.8, 4) is 0 Å². The van der Waals surface area contributed by atoms with Gasteiger partial charge in [0.15, 0.2) is 5.13 Å². The molecule has 1 atom stereocenters. The molecule has 156 valence electrons. The summed E-state index contributed by atoms with van der Waals surface area (Å²) in [7, 11) is 3.82. The molecule has 1 heterocycles. The van der Waals surface area contributed by atoms with Crippen LogP contribution in [0, 0.1) is 5.82 Å². The number of rotatable bonds is 7. The molecule has 0 radical (unpaired) electrons. The second-order valence-electron chi connectivity index (χ2n) is 6.91. The zero-order chi connectivity index (χ0) is 22.0. The number of carbonyl (C=O) groups is 2. The van der Waals surface area contributed by atoms with Gasteiger partial charge in [0.25, 0.3) is 0 Å². The smallest absolute Gasteiger partial charge is 0.240 e. The number of nitrogens with two attached hydrogens (primary N) is 2. The highest BCUT2D eigenvalue weighted by Gasteiger charge is 2.27. The maximum Gasteiger partial charge on any atom is 0.240 e. The molecule has 1 amide bonds. The van der Waals surface area contributed by atoms with Crippen LogP contribution < -0.4 is 21.3 Å². The standard InChI is InChI=1S/C21H22FN5O2S/c1-12(20(24)29)27(16-10-6-14(22)7-11-16)21-25-19(23)18(30-21)17(28)13-4-8-15(9-5-13)26(2)3/h4-12H,23H2,1-3H3,(H2,24,29)/t12-/m1/s1. The predicted octanol–water partition coefficient (Wildman–Crippen LogP) is 3.17. The van der Waals surface area contributed by atoms with Crippen LogP contribution >= 0.6 is 11.3 Å². The molecular weight excluding hydrogens is 405 g/mol.